The smallest absolute Gasteiger partial charge is 0.336 e. The van der Waals surface area contributed by atoms with Gasteiger partial charge in [-0.05, 0) is 30.7 Å². The standard InChI is InChI=1S/C18H17NO4/c1-11-8-17(20)23-16-9-13(6-7-14(11)16)19-10-12-4-3-5-15(22-2)18(12)21/h3-9,19,21H,10H2,1-2H3. The maximum atomic E-state index is 11.5. The molecule has 0 aliphatic rings. The van der Waals surface area contributed by atoms with Crippen molar-refractivity contribution in [1.29, 1.82) is 0 Å². The van der Waals surface area contributed by atoms with E-state index in [2.05, 4.69) is 5.32 Å². The summed E-state index contributed by atoms with van der Waals surface area (Å²) in [6, 6.07) is 12.4. The third kappa shape index (κ3) is 2.99. The van der Waals surface area contributed by atoms with E-state index < -0.39 is 0 Å². The molecule has 118 valence electrons. The number of aromatic hydroxyl groups is 1. The Morgan fingerprint density at radius 1 is 1.22 bits per heavy atom. The zero-order chi connectivity index (χ0) is 16.4. The lowest BCUT2D eigenvalue weighted by molar-refractivity contribution is 0.371. The molecule has 0 amide bonds. The van der Waals surface area contributed by atoms with E-state index in [1.54, 1.807) is 12.1 Å². The summed E-state index contributed by atoms with van der Waals surface area (Å²) in [6.45, 7) is 2.30. The number of hydrogen-bond donors (Lipinski definition) is 2. The first-order chi connectivity index (χ1) is 11.1. The van der Waals surface area contributed by atoms with Crippen LogP contribution in [0.3, 0.4) is 0 Å². The molecule has 0 bridgehead atoms. The number of ether oxygens (including phenoxy) is 1. The summed E-state index contributed by atoms with van der Waals surface area (Å²) in [5, 5.41) is 14.2. The Morgan fingerprint density at radius 2 is 2.04 bits per heavy atom. The molecular formula is C18H17NO4. The van der Waals surface area contributed by atoms with Gasteiger partial charge in [-0.2, -0.15) is 0 Å². The predicted molar refractivity (Wildman–Crippen MR) is 89.2 cm³/mol. The number of nitrogens with one attached hydrogen (secondary N) is 1. The fourth-order valence-corrected chi connectivity index (χ4v) is 2.51. The Kier molecular flexibility index (Phi) is 3.93. The minimum Gasteiger partial charge on any atom is -0.504 e. The van der Waals surface area contributed by atoms with E-state index in [1.807, 2.05) is 31.2 Å². The summed E-state index contributed by atoms with van der Waals surface area (Å²) in [7, 11) is 1.51. The van der Waals surface area contributed by atoms with Crippen molar-refractivity contribution in [2.24, 2.45) is 0 Å². The van der Waals surface area contributed by atoms with Crippen molar-refractivity contribution in [3.63, 3.8) is 0 Å². The second-order valence-electron chi connectivity index (χ2n) is 5.28. The molecule has 0 aliphatic heterocycles. The number of hydrogen-bond acceptors (Lipinski definition) is 5. The van der Waals surface area contributed by atoms with Crippen molar-refractivity contribution in [1.82, 2.24) is 0 Å². The minimum absolute atomic E-state index is 0.116. The number of fused-ring (bicyclic) bond motifs is 1. The zero-order valence-electron chi connectivity index (χ0n) is 12.9. The molecule has 5 nitrogen and oxygen atoms in total. The first-order valence-corrected chi connectivity index (χ1v) is 7.21. The summed E-state index contributed by atoms with van der Waals surface area (Å²) in [5.74, 6) is 0.551. The number of rotatable bonds is 4. The van der Waals surface area contributed by atoms with Gasteiger partial charge in [-0.1, -0.05) is 12.1 Å². The molecule has 0 spiro atoms. The first-order valence-electron chi connectivity index (χ1n) is 7.21. The third-order valence-corrected chi connectivity index (χ3v) is 3.74. The first kappa shape index (κ1) is 15.0. The van der Waals surface area contributed by atoms with Crippen LogP contribution in [0.2, 0.25) is 0 Å². The van der Waals surface area contributed by atoms with Crippen LogP contribution >= 0.6 is 0 Å². The van der Waals surface area contributed by atoms with Crippen LogP contribution in [0.5, 0.6) is 11.5 Å². The van der Waals surface area contributed by atoms with E-state index in [1.165, 1.54) is 13.2 Å². The van der Waals surface area contributed by atoms with E-state index >= 15 is 0 Å². The monoisotopic (exact) mass is 311 g/mol. The second kappa shape index (κ2) is 6.04. The van der Waals surface area contributed by atoms with Crippen LogP contribution in [0.4, 0.5) is 5.69 Å². The SMILES string of the molecule is COc1cccc(CNc2ccc3c(C)cc(=O)oc3c2)c1O. The van der Waals surface area contributed by atoms with Crippen LogP contribution in [-0.4, -0.2) is 12.2 Å². The summed E-state index contributed by atoms with van der Waals surface area (Å²) >= 11 is 0. The average Bonchev–Trinajstić information content (AvgIpc) is 2.53. The lowest BCUT2D eigenvalue weighted by Crippen LogP contribution is -2.02. The largest absolute Gasteiger partial charge is 0.504 e. The van der Waals surface area contributed by atoms with E-state index in [0.29, 0.717) is 17.9 Å². The molecule has 1 heterocycles. The molecule has 0 saturated heterocycles. The highest BCUT2D eigenvalue weighted by Crippen LogP contribution is 2.30. The third-order valence-electron chi connectivity index (χ3n) is 3.74. The Morgan fingerprint density at radius 3 is 2.83 bits per heavy atom. The summed E-state index contributed by atoms with van der Waals surface area (Å²) in [6.07, 6.45) is 0. The van der Waals surface area contributed by atoms with E-state index in [9.17, 15) is 9.90 Å². The normalized spacial score (nSPS) is 10.7. The Labute approximate surface area is 133 Å². The molecule has 3 rings (SSSR count). The van der Waals surface area contributed by atoms with Gasteiger partial charge in [-0.25, -0.2) is 4.79 Å². The lowest BCUT2D eigenvalue weighted by Gasteiger charge is -2.11. The van der Waals surface area contributed by atoms with Gasteiger partial charge in [0.2, 0.25) is 0 Å². The molecule has 2 aromatic carbocycles. The van der Waals surface area contributed by atoms with Crippen molar-refractivity contribution in [3.05, 3.63) is 64.0 Å². The topological polar surface area (TPSA) is 71.7 Å². The van der Waals surface area contributed by atoms with Gasteiger partial charge in [0.25, 0.3) is 0 Å². The van der Waals surface area contributed by atoms with Crippen LogP contribution in [0, 0.1) is 6.92 Å². The molecule has 5 heteroatoms. The van der Waals surface area contributed by atoms with Crippen LogP contribution in [0.1, 0.15) is 11.1 Å². The Bertz CT molecular complexity index is 915. The van der Waals surface area contributed by atoms with E-state index in [4.69, 9.17) is 9.15 Å². The average molecular weight is 311 g/mol. The number of phenols is 1. The number of aryl methyl sites for hydroxylation is 1. The molecule has 23 heavy (non-hydrogen) atoms. The van der Waals surface area contributed by atoms with Gasteiger partial charge in [0, 0.05) is 35.3 Å². The van der Waals surface area contributed by atoms with Crippen molar-refractivity contribution >= 4 is 16.7 Å². The maximum Gasteiger partial charge on any atom is 0.336 e. The second-order valence-corrected chi connectivity index (χ2v) is 5.28. The fraction of sp³-hybridized carbons (Fsp3) is 0.167. The van der Waals surface area contributed by atoms with Crippen LogP contribution < -0.4 is 15.7 Å². The molecule has 1 aromatic heterocycles. The molecule has 0 aliphatic carbocycles. The Balaban J connectivity index is 1.86. The molecule has 0 fully saturated rings. The molecular weight excluding hydrogens is 294 g/mol. The summed E-state index contributed by atoms with van der Waals surface area (Å²) < 4.78 is 10.3. The number of methoxy groups -OCH3 is 1. The van der Waals surface area contributed by atoms with Crippen molar-refractivity contribution in [3.8, 4) is 11.5 Å². The highest BCUT2D eigenvalue weighted by molar-refractivity contribution is 5.83. The lowest BCUT2D eigenvalue weighted by atomic mass is 10.1. The molecule has 0 radical (unpaired) electrons. The predicted octanol–water partition coefficient (Wildman–Crippen LogP) is 3.43. The Hall–Kier alpha value is -2.95. The number of para-hydroxylation sites is 1. The van der Waals surface area contributed by atoms with Gasteiger partial charge in [-0.15, -0.1) is 0 Å². The van der Waals surface area contributed by atoms with Gasteiger partial charge in [0.15, 0.2) is 11.5 Å². The molecule has 0 saturated carbocycles. The quantitative estimate of drug-likeness (QED) is 0.722. The zero-order valence-corrected chi connectivity index (χ0v) is 12.9. The number of benzene rings is 2. The van der Waals surface area contributed by atoms with Crippen molar-refractivity contribution < 1.29 is 14.3 Å². The molecule has 0 unspecified atom stereocenters. The highest BCUT2D eigenvalue weighted by Gasteiger charge is 2.08. The van der Waals surface area contributed by atoms with E-state index in [-0.39, 0.29) is 11.4 Å². The van der Waals surface area contributed by atoms with Crippen molar-refractivity contribution in [2.45, 2.75) is 13.5 Å². The minimum atomic E-state index is -0.363. The van der Waals surface area contributed by atoms with Gasteiger partial charge < -0.3 is 19.6 Å². The van der Waals surface area contributed by atoms with Gasteiger partial charge in [0.05, 0.1) is 7.11 Å². The summed E-state index contributed by atoms with van der Waals surface area (Å²) in [4.78, 5) is 11.5. The van der Waals surface area contributed by atoms with Crippen LogP contribution in [-0.2, 0) is 6.54 Å². The molecule has 3 aromatic rings. The van der Waals surface area contributed by atoms with E-state index in [0.717, 1.165) is 22.2 Å². The highest BCUT2D eigenvalue weighted by atomic mass is 16.5. The van der Waals surface area contributed by atoms with Gasteiger partial charge in [-0.3, -0.25) is 0 Å². The van der Waals surface area contributed by atoms with Crippen molar-refractivity contribution in [2.75, 3.05) is 12.4 Å². The van der Waals surface area contributed by atoms with Crippen LogP contribution in [0.25, 0.3) is 11.0 Å². The van der Waals surface area contributed by atoms with Crippen LogP contribution in [0.15, 0.2) is 51.7 Å². The van der Waals surface area contributed by atoms with Gasteiger partial charge in [0.1, 0.15) is 5.58 Å². The summed E-state index contributed by atoms with van der Waals surface area (Å²) in [5.41, 5.74) is 2.57. The maximum absolute atomic E-state index is 11.5. The molecule has 2 N–H and O–H groups in total. The number of phenolic OH excluding ortho intramolecular Hbond substituents is 1. The number of anilines is 1. The molecule has 0 atom stereocenters. The fourth-order valence-electron chi connectivity index (χ4n) is 2.51. The van der Waals surface area contributed by atoms with Gasteiger partial charge >= 0.3 is 5.63 Å².